The molecule has 3 aromatic rings. The first-order valence-electron chi connectivity index (χ1n) is 10.3. The van der Waals surface area contributed by atoms with Crippen molar-refractivity contribution < 1.29 is 18.3 Å². The van der Waals surface area contributed by atoms with Gasteiger partial charge in [0, 0.05) is 31.0 Å². The molecule has 3 aromatic carbocycles. The first kappa shape index (κ1) is 21.2. The number of hydrogen-bond donors (Lipinski definition) is 2. The van der Waals surface area contributed by atoms with E-state index in [9.17, 15) is 18.3 Å². The molecule has 2 nitrogen and oxygen atoms in total. The highest BCUT2D eigenvalue weighted by molar-refractivity contribution is 5.66. The van der Waals surface area contributed by atoms with Crippen LogP contribution in [-0.4, -0.2) is 17.3 Å². The molecule has 4 rings (SSSR count). The maximum atomic E-state index is 12.9. The summed E-state index contributed by atoms with van der Waals surface area (Å²) in [5.74, 6) is -0.190. The summed E-state index contributed by atoms with van der Waals surface area (Å²) in [6.45, 7) is 0.520. The first-order valence-corrected chi connectivity index (χ1v) is 10.3. The van der Waals surface area contributed by atoms with Crippen molar-refractivity contribution in [3.63, 3.8) is 0 Å². The molecule has 1 heterocycles. The van der Waals surface area contributed by atoms with Gasteiger partial charge in [-0.2, -0.15) is 13.2 Å². The van der Waals surface area contributed by atoms with Crippen LogP contribution in [0.3, 0.4) is 0 Å². The minimum absolute atomic E-state index is 0.190. The van der Waals surface area contributed by atoms with Crippen molar-refractivity contribution in [2.45, 2.75) is 24.6 Å². The number of aliphatic hydroxyl groups is 1. The Kier molecular flexibility index (Phi) is 5.88. The average Bonchev–Trinajstić information content (AvgIpc) is 3.26. The maximum absolute atomic E-state index is 12.9. The van der Waals surface area contributed by atoms with E-state index in [1.54, 1.807) is 0 Å². The van der Waals surface area contributed by atoms with Crippen LogP contribution in [0.25, 0.3) is 5.70 Å². The zero-order chi connectivity index (χ0) is 21.9. The molecule has 0 saturated heterocycles. The molecule has 0 aliphatic carbocycles. The molecular formula is C26H24F3NO. The van der Waals surface area contributed by atoms with Gasteiger partial charge in [0.2, 0.25) is 0 Å². The van der Waals surface area contributed by atoms with Gasteiger partial charge in [-0.05, 0) is 28.8 Å². The Balaban J connectivity index is 1.61. The minimum atomic E-state index is -4.36. The lowest BCUT2D eigenvalue weighted by atomic mass is 9.78. The number of rotatable bonds is 6. The fourth-order valence-corrected chi connectivity index (χ4v) is 4.14. The second-order valence-electron chi connectivity index (χ2n) is 8.07. The summed E-state index contributed by atoms with van der Waals surface area (Å²) < 4.78 is 38.6. The molecule has 0 spiro atoms. The van der Waals surface area contributed by atoms with Gasteiger partial charge in [-0.15, -0.1) is 0 Å². The van der Waals surface area contributed by atoms with Gasteiger partial charge in [0.15, 0.2) is 0 Å². The number of benzene rings is 3. The van der Waals surface area contributed by atoms with E-state index in [1.807, 2.05) is 66.7 Å². The SMILES string of the molecule is OC(Cc1ccccc1)(Cc1ccccc1)[C@H]1C=C(c2ccc(C(F)(F)F)cc2)NC1. The summed E-state index contributed by atoms with van der Waals surface area (Å²) in [5.41, 5.74) is 1.80. The number of nitrogens with one attached hydrogen (secondary N) is 1. The zero-order valence-electron chi connectivity index (χ0n) is 16.9. The van der Waals surface area contributed by atoms with Crippen LogP contribution in [0, 0.1) is 5.92 Å². The predicted molar refractivity (Wildman–Crippen MR) is 116 cm³/mol. The lowest BCUT2D eigenvalue weighted by Gasteiger charge is -2.33. The summed E-state index contributed by atoms with van der Waals surface area (Å²) in [5, 5.41) is 15.1. The van der Waals surface area contributed by atoms with Gasteiger partial charge < -0.3 is 10.4 Å². The van der Waals surface area contributed by atoms with Crippen molar-refractivity contribution in [3.8, 4) is 0 Å². The molecule has 0 aromatic heterocycles. The van der Waals surface area contributed by atoms with Crippen molar-refractivity contribution in [1.82, 2.24) is 5.32 Å². The smallest absolute Gasteiger partial charge is 0.389 e. The molecular weight excluding hydrogens is 399 g/mol. The summed E-state index contributed by atoms with van der Waals surface area (Å²) in [6.07, 6.45) is -1.45. The Morgan fingerprint density at radius 2 is 1.29 bits per heavy atom. The van der Waals surface area contributed by atoms with Crippen molar-refractivity contribution in [1.29, 1.82) is 0 Å². The van der Waals surface area contributed by atoms with Gasteiger partial charge in [-0.25, -0.2) is 0 Å². The largest absolute Gasteiger partial charge is 0.416 e. The van der Waals surface area contributed by atoms with E-state index < -0.39 is 17.3 Å². The van der Waals surface area contributed by atoms with Crippen LogP contribution >= 0.6 is 0 Å². The van der Waals surface area contributed by atoms with Crippen LogP contribution in [0.2, 0.25) is 0 Å². The summed E-state index contributed by atoms with van der Waals surface area (Å²) in [7, 11) is 0. The second kappa shape index (κ2) is 8.60. The van der Waals surface area contributed by atoms with E-state index in [0.29, 0.717) is 24.9 Å². The quantitative estimate of drug-likeness (QED) is 0.550. The second-order valence-corrected chi connectivity index (χ2v) is 8.07. The molecule has 31 heavy (non-hydrogen) atoms. The van der Waals surface area contributed by atoms with Crippen LogP contribution in [0.1, 0.15) is 22.3 Å². The van der Waals surface area contributed by atoms with Gasteiger partial charge in [0.05, 0.1) is 11.2 Å². The summed E-state index contributed by atoms with van der Waals surface area (Å²) in [4.78, 5) is 0. The molecule has 160 valence electrons. The van der Waals surface area contributed by atoms with Crippen LogP contribution in [0.4, 0.5) is 13.2 Å². The van der Waals surface area contributed by atoms with Gasteiger partial charge in [0.1, 0.15) is 0 Å². The molecule has 0 radical (unpaired) electrons. The third-order valence-electron chi connectivity index (χ3n) is 5.80. The van der Waals surface area contributed by atoms with Crippen LogP contribution in [0.15, 0.2) is 91.0 Å². The third kappa shape index (κ3) is 5.00. The highest BCUT2D eigenvalue weighted by atomic mass is 19.4. The van der Waals surface area contributed by atoms with Crippen LogP contribution < -0.4 is 5.32 Å². The molecule has 0 bridgehead atoms. The normalized spacial score (nSPS) is 16.6. The van der Waals surface area contributed by atoms with E-state index in [0.717, 1.165) is 29.0 Å². The molecule has 0 fully saturated rings. The molecule has 1 aliphatic rings. The first-order chi connectivity index (χ1) is 14.8. The van der Waals surface area contributed by atoms with Crippen LogP contribution in [0.5, 0.6) is 0 Å². The molecule has 0 unspecified atom stereocenters. The predicted octanol–water partition coefficient (Wildman–Crippen LogP) is 5.48. The van der Waals surface area contributed by atoms with E-state index >= 15 is 0 Å². The Labute approximate surface area is 180 Å². The van der Waals surface area contributed by atoms with E-state index in [4.69, 9.17) is 0 Å². The monoisotopic (exact) mass is 423 g/mol. The van der Waals surface area contributed by atoms with Gasteiger partial charge in [-0.1, -0.05) is 78.9 Å². The Morgan fingerprint density at radius 1 is 0.774 bits per heavy atom. The zero-order valence-corrected chi connectivity index (χ0v) is 16.9. The maximum Gasteiger partial charge on any atom is 0.416 e. The van der Waals surface area contributed by atoms with Crippen molar-refractivity contribution >= 4 is 5.70 Å². The summed E-state index contributed by atoms with van der Waals surface area (Å²) >= 11 is 0. The number of alkyl halides is 3. The van der Waals surface area contributed by atoms with E-state index in [1.165, 1.54) is 12.1 Å². The van der Waals surface area contributed by atoms with Crippen LogP contribution in [-0.2, 0) is 19.0 Å². The lowest BCUT2D eigenvalue weighted by molar-refractivity contribution is -0.137. The standard InChI is InChI=1S/C26H24F3NO/c27-26(28,29)22-13-11-21(12-14-22)24-15-23(18-30-24)25(31,16-19-7-3-1-4-8-19)17-20-9-5-2-6-10-20/h1-15,23,30-31H,16-18H2/t23-/m0/s1. The molecule has 0 amide bonds. The fraction of sp³-hybridized carbons (Fsp3) is 0.231. The molecule has 0 saturated carbocycles. The van der Waals surface area contributed by atoms with E-state index in [-0.39, 0.29) is 5.92 Å². The van der Waals surface area contributed by atoms with Gasteiger partial charge in [-0.3, -0.25) is 0 Å². The summed E-state index contributed by atoms with van der Waals surface area (Å²) in [6, 6.07) is 24.8. The fourth-order valence-electron chi connectivity index (χ4n) is 4.14. The average molecular weight is 423 g/mol. The number of halogens is 3. The van der Waals surface area contributed by atoms with Crippen molar-refractivity contribution in [3.05, 3.63) is 113 Å². The number of hydrogen-bond acceptors (Lipinski definition) is 2. The van der Waals surface area contributed by atoms with Crippen molar-refractivity contribution in [2.75, 3.05) is 6.54 Å². The van der Waals surface area contributed by atoms with Crippen molar-refractivity contribution in [2.24, 2.45) is 5.92 Å². The van der Waals surface area contributed by atoms with Gasteiger partial charge >= 0.3 is 6.18 Å². The topological polar surface area (TPSA) is 32.3 Å². The highest BCUT2D eigenvalue weighted by Gasteiger charge is 2.38. The third-order valence-corrected chi connectivity index (χ3v) is 5.80. The Hall–Kier alpha value is -3.05. The van der Waals surface area contributed by atoms with Gasteiger partial charge in [0.25, 0.3) is 0 Å². The molecule has 5 heteroatoms. The molecule has 1 atom stereocenters. The molecule has 2 N–H and O–H groups in total. The highest BCUT2D eigenvalue weighted by Crippen LogP contribution is 2.34. The lowest BCUT2D eigenvalue weighted by Crippen LogP contribution is -2.43. The Morgan fingerprint density at radius 3 is 1.77 bits per heavy atom. The van der Waals surface area contributed by atoms with E-state index in [2.05, 4.69) is 5.32 Å². The molecule has 1 aliphatic heterocycles. The minimum Gasteiger partial charge on any atom is -0.389 e. The Bertz CT molecular complexity index is 986.